The summed E-state index contributed by atoms with van der Waals surface area (Å²) in [5, 5.41) is 3.27. The molecule has 20 heavy (non-hydrogen) atoms. The first-order valence-electron chi connectivity index (χ1n) is 6.75. The number of ether oxygens (including phenoxy) is 2. The molecule has 0 radical (unpaired) electrons. The third kappa shape index (κ3) is 3.10. The molecule has 2 atom stereocenters. The predicted octanol–water partition coefficient (Wildman–Crippen LogP) is 2.15. The minimum atomic E-state index is -0.349. The van der Waals surface area contributed by atoms with Gasteiger partial charge in [-0.05, 0) is 31.9 Å². The molecule has 5 nitrogen and oxygen atoms in total. The van der Waals surface area contributed by atoms with E-state index in [0.717, 1.165) is 11.3 Å². The molecule has 0 saturated heterocycles. The van der Waals surface area contributed by atoms with Gasteiger partial charge in [0.25, 0.3) is 0 Å². The van der Waals surface area contributed by atoms with Gasteiger partial charge >= 0.3 is 11.9 Å². The first kappa shape index (κ1) is 14.4. The molecule has 0 bridgehead atoms. The van der Waals surface area contributed by atoms with Crippen LogP contribution in [0.4, 0.5) is 5.69 Å². The molecule has 1 aliphatic heterocycles. The van der Waals surface area contributed by atoms with E-state index in [9.17, 15) is 9.59 Å². The second kappa shape index (κ2) is 5.94. The lowest BCUT2D eigenvalue weighted by Gasteiger charge is -2.31. The maximum atomic E-state index is 11.9. The fourth-order valence-electron chi connectivity index (χ4n) is 2.39. The third-order valence-corrected chi connectivity index (χ3v) is 3.36. The molecule has 0 aromatic heterocycles. The summed E-state index contributed by atoms with van der Waals surface area (Å²) in [7, 11) is 0. The van der Waals surface area contributed by atoms with Crippen LogP contribution in [-0.2, 0) is 20.7 Å². The Labute approximate surface area is 118 Å². The summed E-state index contributed by atoms with van der Waals surface area (Å²) in [6.07, 6.45) is 0.628. The van der Waals surface area contributed by atoms with Gasteiger partial charge in [0.05, 0.1) is 12.5 Å². The van der Waals surface area contributed by atoms with Gasteiger partial charge in [-0.15, -0.1) is 0 Å². The third-order valence-electron chi connectivity index (χ3n) is 3.36. The first-order chi connectivity index (χ1) is 9.51. The summed E-state index contributed by atoms with van der Waals surface area (Å²) >= 11 is 0. The lowest BCUT2D eigenvalue weighted by atomic mass is 9.88. The van der Waals surface area contributed by atoms with E-state index >= 15 is 0 Å². The lowest BCUT2D eigenvalue weighted by Crippen LogP contribution is -2.38. The Morgan fingerprint density at radius 2 is 2.15 bits per heavy atom. The number of nitrogens with one attached hydrogen (secondary N) is 1. The molecule has 0 unspecified atom stereocenters. The van der Waals surface area contributed by atoms with Gasteiger partial charge in [-0.2, -0.15) is 0 Å². The van der Waals surface area contributed by atoms with Gasteiger partial charge in [0.2, 0.25) is 0 Å². The van der Waals surface area contributed by atoms with Crippen LogP contribution in [0, 0.1) is 5.92 Å². The van der Waals surface area contributed by atoms with Gasteiger partial charge in [0.1, 0.15) is 5.75 Å². The second-order valence-electron chi connectivity index (χ2n) is 4.91. The highest BCUT2D eigenvalue weighted by molar-refractivity contribution is 5.77. The van der Waals surface area contributed by atoms with Gasteiger partial charge in [0, 0.05) is 24.7 Å². The van der Waals surface area contributed by atoms with Crippen LogP contribution in [0.1, 0.15) is 26.3 Å². The van der Waals surface area contributed by atoms with Crippen LogP contribution in [0.2, 0.25) is 0 Å². The fraction of sp³-hybridized carbons (Fsp3) is 0.467. The molecule has 0 saturated carbocycles. The van der Waals surface area contributed by atoms with E-state index in [4.69, 9.17) is 9.47 Å². The van der Waals surface area contributed by atoms with Gasteiger partial charge in [-0.3, -0.25) is 9.59 Å². The summed E-state index contributed by atoms with van der Waals surface area (Å²) in [5.74, 6) is -0.215. The zero-order valence-corrected chi connectivity index (χ0v) is 11.9. The van der Waals surface area contributed by atoms with Gasteiger partial charge in [-0.25, -0.2) is 0 Å². The van der Waals surface area contributed by atoms with Crippen LogP contribution in [0.15, 0.2) is 18.2 Å². The molecular weight excluding hydrogens is 258 g/mol. The Balaban J connectivity index is 2.18. The number of anilines is 1. The Morgan fingerprint density at radius 1 is 1.40 bits per heavy atom. The summed E-state index contributed by atoms with van der Waals surface area (Å²) in [6, 6.07) is 5.38. The number of hydrogen-bond donors (Lipinski definition) is 1. The monoisotopic (exact) mass is 277 g/mol. The molecule has 0 aliphatic carbocycles. The molecular formula is C15H19NO4. The molecule has 1 heterocycles. The Hall–Kier alpha value is -2.04. The zero-order chi connectivity index (χ0) is 14.7. The van der Waals surface area contributed by atoms with Crippen LogP contribution in [0.5, 0.6) is 5.75 Å². The second-order valence-corrected chi connectivity index (χ2v) is 4.91. The summed E-state index contributed by atoms with van der Waals surface area (Å²) < 4.78 is 10.2. The molecule has 2 rings (SSSR count). The Bertz CT molecular complexity index is 527. The van der Waals surface area contributed by atoms with Gasteiger partial charge in [0.15, 0.2) is 0 Å². The van der Waals surface area contributed by atoms with E-state index in [1.165, 1.54) is 6.92 Å². The largest absolute Gasteiger partial charge is 0.466 e. The van der Waals surface area contributed by atoms with E-state index in [1.807, 2.05) is 13.0 Å². The molecule has 0 fully saturated rings. The Kier molecular flexibility index (Phi) is 4.27. The maximum Gasteiger partial charge on any atom is 0.311 e. The van der Waals surface area contributed by atoms with E-state index in [1.54, 1.807) is 19.1 Å². The van der Waals surface area contributed by atoms with Crippen LogP contribution in [-0.4, -0.2) is 24.6 Å². The van der Waals surface area contributed by atoms with Crippen LogP contribution in [0.25, 0.3) is 0 Å². The SMILES string of the molecule is CCOC(=O)[C@@H]1Cc2ccc(OC(C)=O)cc2N[C@@H]1C. The minimum Gasteiger partial charge on any atom is -0.466 e. The van der Waals surface area contributed by atoms with Crippen molar-refractivity contribution in [1.29, 1.82) is 0 Å². The fourth-order valence-corrected chi connectivity index (χ4v) is 2.39. The van der Waals surface area contributed by atoms with Crippen molar-refractivity contribution in [2.75, 3.05) is 11.9 Å². The minimum absolute atomic E-state index is 0.0193. The lowest BCUT2D eigenvalue weighted by molar-refractivity contribution is -0.148. The van der Waals surface area contributed by atoms with Crippen molar-refractivity contribution in [3.05, 3.63) is 23.8 Å². The molecule has 108 valence electrons. The van der Waals surface area contributed by atoms with E-state index in [0.29, 0.717) is 18.8 Å². The van der Waals surface area contributed by atoms with E-state index < -0.39 is 0 Å². The smallest absolute Gasteiger partial charge is 0.311 e. The Morgan fingerprint density at radius 3 is 2.80 bits per heavy atom. The molecule has 5 heteroatoms. The average molecular weight is 277 g/mol. The van der Waals surface area contributed by atoms with Crippen molar-refractivity contribution in [3.63, 3.8) is 0 Å². The van der Waals surface area contributed by atoms with Crippen molar-refractivity contribution in [2.45, 2.75) is 33.2 Å². The highest BCUT2D eigenvalue weighted by Gasteiger charge is 2.31. The van der Waals surface area contributed by atoms with Crippen molar-refractivity contribution < 1.29 is 19.1 Å². The number of carbonyl (C=O) groups excluding carboxylic acids is 2. The number of carbonyl (C=O) groups is 2. The first-order valence-corrected chi connectivity index (χ1v) is 6.75. The molecule has 0 spiro atoms. The summed E-state index contributed by atoms with van der Waals surface area (Å²) in [4.78, 5) is 22.9. The van der Waals surface area contributed by atoms with Crippen LogP contribution < -0.4 is 10.1 Å². The van der Waals surface area contributed by atoms with E-state index in [2.05, 4.69) is 5.32 Å². The standard InChI is InChI=1S/C15H19NO4/c1-4-19-15(18)13-7-11-5-6-12(20-10(3)17)8-14(11)16-9(13)2/h5-6,8-9,13,16H,4,7H2,1-3H3/t9-,13-/m1/s1. The highest BCUT2D eigenvalue weighted by Crippen LogP contribution is 2.32. The molecule has 1 aromatic rings. The normalized spacial score (nSPS) is 20.6. The maximum absolute atomic E-state index is 11.9. The number of hydrogen-bond acceptors (Lipinski definition) is 5. The van der Waals surface area contributed by atoms with Crippen molar-refractivity contribution in [3.8, 4) is 5.75 Å². The molecule has 1 N–H and O–H groups in total. The average Bonchev–Trinajstić information content (AvgIpc) is 2.37. The highest BCUT2D eigenvalue weighted by atomic mass is 16.5. The predicted molar refractivity (Wildman–Crippen MR) is 74.7 cm³/mol. The van der Waals surface area contributed by atoms with Crippen molar-refractivity contribution in [2.24, 2.45) is 5.92 Å². The molecule has 1 aliphatic rings. The van der Waals surface area contributed by atoms with E-state index in [-0.39, 0.29) is 23.9 Å². The molecule has 0 amide bonds. The van der Waals surface area contributed by atoms with Crippen LogP contribution in [0.3, 0.4) is 0 Å². The molecule has 1 aromatic carbocycles. The zero-order valence-electron chi connectivity index (χ0n) is 11.9. The number of benzene rings is 1. The number of esters is 2. The summed E-state index contributed by atoms with van der Waals surface area (Å²) in [6.45, 7) is 5.51. The van der Waals surface area contributed by atoms with Gasteiger partial charge in [-0.1, -0.05) is 6.07 Å². The van der Waals surface area contributed by atoms with Crippen molar-refractivity contribution >= 4 is 17.6 Å². The quantitative estimate of drug-likeness (QED) is 0.677. The summed E-state index contributed by atoms with van der Waals surface area (Å²) in [5.41, 5.74) is 1.92. The number of rotatable bonds is 3. The van der Waals surface area contributed by atoms with Crippen LogP contribution >= 0.6 is 0 Å². The number of fused-ring (bicyclic) bond motifs is 1. The topological polar surface area (TPSA) is 64.6 Å². The van der Waals surface area contributed by atoms with Gasteiger partial charge < -0.3 is 14.8 Å². The van der Waals surface area contributed by atoms with Crippen molar-refractivity contribution in [1.82, 2.24) is 0 Å².